The third kappa shape index (κ3) is 5.09. The molecule has 1 aromatic carbocycles. The predicted octanol–water partition coefficient (Wildman–Crippen LogP) is 2.44. The number of rotatable bonds is 7. The van der Waals surface area contributed by atoms with Gasteiger partial charge < -0.3 is 15.5 Å². The minimum atomic E-state index is 0.844. The van der Waals surface area contributed by atoms with E-state index < -0.39 is 0 Å². The zero-order valence-corrected chi connectivity index (χ0v) is 11.3. The SMILES string of the molecule is CCCN(CCCN(C)C)c1cccc(N)c1. The lowest BCUT2D eigenvalue weighted by Gasteiger charge is -2.25. The fourth-order valence-corrected chi connectivity index (χ4v) is 1.94. The second-order valence-corrected chi connectivity index (χ2v) is 4.74. The van der Waals surface area contributed by atoms with Gasteiger partial charge in [-0.15, -0.1) is 0 Å². The molecular weight excluding hydrogens is 210 g/mol. The minimum absolute atomic E-state index is 0.844. The molecule has 0 saturated heterocycles. The molecule has 0 radical (unpaired) electrons. The van der Waals surface area contributed by atoms with E-state index in [1.807, 2.05) is 12.1 Å². The highest BCUT2D eigenvalue weighted by atomic mass is 15.1. The fourth-order valence-electron chi connectivity index (χ4n) is 1.94. The molecule has 1 aromatic rings. The van der Waals surface area contributed by atoms with Crippen molar-refractivity contribution in [1.29, 1.82) is 0 Å². The molecule has 96 valence electrons. The lowest BCUT2D eigenvalue weighted by atomic mass is 10.2. The molecule has 0 bridgehead atoms. The molecule has 0 aliphatic heterocycles. The Balaban J connectivity index is 2.58. The van der Waals surface area contributed by atoms with Crippen molar-refractivity contribution < 1.29 is 0 Å². The summed E-state index contributed by atoms with van der Waals surface area (Å²) >= 11 is 0. The Bertz CT molecular complexity index is 323. The summed E-state index contributed by atoms with van der Waals surface area (Å²) in [6, 6.07) is 8.17. The average Bonchev–Trinajstić information content (AvgIpc) is 2.27. The van der Waals surface area contributed by atoms with Crippen molar-refractivity contribution >= 4 is 11.4 Å². The Morgan fingerprint density at radius 3 is 2.47 bits per heavy atom. The van der Waals surface area contributed by atoms with Gasteiger partial charge in [0.2, 0.25) is 0 Å². The smallest absolute Gasteiger partial charge is 0.0386 e. The lowest BCUT2D eigenvalue weighted by Crippen LogP contribution is -2.28. The summed E-state index contributed by atoms with van der Waals surface area (Å²) in [5.74, 6) is 0. The monoisotopic (exact) mass is 235 g/mol. The highest BCUT2D eigenvalue weighted by Gasteiger charge is 2.05. The highest BCUT2D eigenvalue weighted by Crippen LogP contribution is 2.18. The standard InChI is InChI=1S/C14H25N3/c1-4-9-17(11-6-10-16(2)3)14-8-5-7-13(15)12-14/h5,7-8,12H,4,6,9-11,15H2,1-3H3. The largest absolute Gasteiger partial charge is 0.399 e. The summed E-state index contributed by atoms with van der Waals surface area (Å²) in [6.45, 7) is 5.53. The maximum Gasteiger partial charge on any atom is 0.0386 e. The lowest BCUT2D eigenvalue weighted by molar-refractivity contribution is 0.400. The van der Waals surface area contributed by atoms with E-state index in [-0.39, 0.29) is 0 Å². The van der Waals surface area contributed by atoms with E-state index in [2.05, 4.69) is 43.0 Å². The van der Waals surface area contributed by atoms with Crippen LogP contribution in [0.15, 0.2) is 24.3 Å². The summed E-state index contributed by atoms with van der Waals surface area (Å²) in [7, 11) is 4.23. The number of nitrogens with two attached hydrogens (primary N) is 1. The van der Waals surface area contributed by atoms with Crippen molar-refractivity contribution in [3.05, 3.63) is 24.3 Å². The first-order valence-corrected chi connectivity index (χ1v) is 6.38. The van der Waals surface area contributed by atoms with Crippen LogP contribution in [0.4, 0.5) is 11.4 Å². The van der Waals surface area contributed by atoms with Crippen LogP contribution < -0.4 is 10.6 Å². The molecule has 0 unspecified atom stereocenters. The molecule has 17 heavy (non-hydrogen) atoms. The first kappa shape index (κ1) is 13.8. The average molecular weight is 235 g/mol. The van der Waals surface area contributed by atoms with Crippen LogP contribution >= 0.6 is 0 Å². The van der Waals surface area contributed by atoms with Gasteiger partial charge in [-0.2, -0.15) is 0 Å². The Morgan fingerprint density at radius 2 is 1.88 bits per heavy atom. The maximum absolute atomic E-state index is 5.83. The van der Waals surface area contributed by atoms with Gasteiger partial charge in [0, 0.05) is 24.5 Å². The normalized spacial score (nSPS) is 10.8. The Kier molecular flexibility index (Phi) is 5.84. The second kappa shape index (κ2) is 7.17. The molecule has 3 nitrogen and oxygen atoms in total. The highest BCUT2D eigenvalue weighted by molar-refractivity contribution is 5.55. The summed E-state index contributed by atoms with van der Waals surface area (Å²) in [4.78, 5) is 4.64. The van der Waals surface area contributed by atoms with Crippen LogP contribution in [0, 0.1) is 0 Å². The van der Waals surface area contributed by atoms with Crippen molar-refractivity contribution in [2.45, 2.75) is 19.8 Å². The summed E-state index contributed by atoms with van der Waals surface area (Å²) in [6.07, 6.45) is 2.35. The van der Waals surface area contributed by atoms with Gasteiger partial charge in [-0.25, -0.2) is 0 Å². The number of nitrogen functional groups attached to an aromatic ring is 1. The van der Waals surface area contributed by atoms with Crippen LogP contribution in [-0.2, 0) is 0 Å². The van der Waals surface area contributed by atoms with Crippen LogP contribution in [-0.4, -0.2) is 38.6 Å². The quantitative estimate of drug-likeness (QED) is 0.737. The van der Waals surface area contributed by atoms with E-state index in [1.54, 1.807) is 0 Å². The fraction of sp³-hybridized carbons (Fsp3) is 0.571. The van der Waals surface area contributed by atoms with Crippen LogP contribution in [0.3, 0.4) is 0 Å². The van der Waals surface area contributed by atoms with E-state index in [9.17, 15) is 0 Å². The zero-order valence-electron chi connectivity index (χ0n) is 11.3. The molecule has 3 heteroatoms. The topological polar surface area (TPSA) is 32.5 Å². The van der Waals surface area contributed by atoms with E-state index in [0.29, 0.717) is 0 Å². The molecule has 0 amide bonds. The van der Waals surface area contributed by atoms with Crippen molar-refractivity contribution in [2.24, 2.45) is 0 Å². The van der Waals surface area contributed by atoms with Gasteiger partial charge in [0.05, 0.1) is 0 Å². The van der Waals surface area contributed by atoms with E-state index >= 15 is 0 Å². The molecule has 0 aliphatic rings. The van der Waals surface area contributed by atoms with Gasteiger partial charge in [-0.05, 0) is 51.7 Å². The van der Waals surface area contributed by atoms with Crippen LogP contribution in [0.1, 0.15) is 19.8 Å². The van der Waals surface area contributed by atoms with Crippen molar-refractivity contribution in [2.75, 3.05) is 44.4 Å². The summed E-state index contributed by atoms with van der Waals surface area (Å²) in [5.41, 5.74) is 7.92. The first-order valence-electron chi connectivity index (χ1n) is 6.38. The van der Waals surface area contributed by atoms with Crippen molar-refractivity contribution in [3.63, 3.8) is 0 Å². The molecule has 0 atom stereocenters. The Labute approximate surface area is 105 Å². The van der Waals surface area contributed by atoms with Crippen LogP contribution in [0.25, 0.3) is 0 Å². The molecular formula is C14H25N3. The number of hydrogen-bond acceptors (Lipinski definition) is 3. The molecule has 1 rings (SSSR count). The van der Waals surface area contributed by atoms with Gasteiger partial charge in [0.25, 0.3) is 0 Å². The van der Waals surface area contributed by atoms with Crippen LogP contribution in [0.2, 0.25) is 0 Å². The van der Waals surface area contributed by atoms with Crippen LogP contribution in [0.5, 0.6) is 0 Å². The van der Waals surface area contributed by atoms with Gasteiger partial charge >= 0.3 is 0 Å². The van der Waals surface area contributed by atoms with Gasteiger partial charge in [-0.1, -0.05) is 13.0 Å². The van der Waals surface area contributed by atoms with Crippen molar-refractivity contribution in [3.8, 4) is 0 Å². The number of hydrogen-bond donors (Lipinski definition) is 1. The maximum atomic E-state index is 5.83. The molecule has 2 N–H and O–H groups in total. The number of nitrogens with zero attached hydrogens (tertiary/aromatic N) is 2. The molecule has 0 spiro atoms. The molecule has 0 aromatic heterocycles. The first-order chi connectivity index (χ1) is 8.13. The van der Waals surface area contributed by atoms with Gasteiger partial charge in [0.1, 0.15) is 0 Å². The minimum Gasteiger partial charge on any atom is -0.399 e. The molecule has 0 aliphatic carbocycles. The van der Waals surface area contributed by atoms with Gasteiger partial charge in [0.15, 0.2) is 0 Å². The molecule has 0 heterocycles. The zero-order chi connectivity index (χ0) is 12.7. The third-order valence-electron chi connectivity index (χ3n) is 2.76. The van der Waals surface area contributed by atoms with E-state index in [0.717, 1.165) is 31.7 Å². The Hall–Kier alpha value is -1.22. The molecule has 0 fully saturated rings. The van der Waals surface area contributed by atoms with E-state index in [1.165, 1.54) is 12.1 Å². The Morgan fingerprint density at radius 1 is 1.12 bits per heavy atom. The van der Waals surface area contributed by atoms with E-state index in [4.69, 9.17) is 5.73 Å². The van der Waals surface area contributed by atoms with Gasteiger partial charge in [-0.3, -0.25) is 0 Å². The third-order valence-corrected chi connectivity index (χ3v) is 2.76. The van der Waals surface area contributed by atoms with Crippen molar-refractivity contribution in [1.82, 2.24) is 4.90 Å². The number of anilines is 2. The predicted molar refractivity (Wildman–Crippen MR) is 76.5 cm³/mol. The summed E-state index contributed by atoms with van der Waals surface area (Å²) < 4.78 is 0. The molecule has 0 saturated carbocycles. The number of benzene rings is 1. The second-order valence-electron chi connectivity index (χ2n) is 4.74. The summed E-state index contributed by atoms with van der Waals surface area (Å²) in [5, 5.41) is 0.